The van der Waals surface area contributed by atoms with Crippen LogP contribution in [0, 0.1) is 11.3 Å². The topological polar surface area (TPSA) is 86.3 Å². The van der Waals surface area contributed by atoms with Gasteiger partial charge in [-0.1, -0.05) is 36.8 Å². The lowest BCUT2D eigenvalue weighted by Gasteiger charge is -2.12. The van der Waals surface area contributed by atoms with E-state index in [9.17, 15) is 14.9 Å². The number of nitrogens with one attached hydrogen (secondary N) is 1. The molecule has 0 atom stereocenters. The van der Waals surface area contributed by atoms with E-state index in [2.05, 4.69) is 22.9 Å². The summed E-state index contributed by atoms with van der Waals surface area (Å²) in [6, 6.07) is 15.3. The Balaban J connectivity index is 1.80. The first-order valence-electron chi connectivity index (χ1n) is 11.0. The van der Waals surface area contributed by atoms with Gasteiger partial charge in [-0.05, 0) is 23.8 Å². The predicted octanol–water partition coefficient (Wildman–Crippen LogP) is 4.04. The number of hydrogen-bond donors (Lipinski definition) is 1. The fourth-order valence-electron chi connectivity index (χ4n) is 3.91. The van der Waals surface area contributed by atoms with Gasteiger partial charge in [0.15, 0.2) is 6.54 Å². The van der Waals surface area contributed by atoms with Crippen molar-refractivity contribution in [1.29, 1.82) is 5.26 Å². The van der Waals surface area contributed by atoms with Gasteiger partial charge in [-0.25, -0.2) is 0 Å². The Morgan fingerprint density at radius 1 is 1.21 bits per heavy atom. The fourth-order valence-corrected chi connectivity index (χ4v) is 5.07. The first kappa shape index (κ1) is 23.2. The van der Waals surface area contributed by atoms with Crippen molar-refractivity contribution in [1.82, 2.24) is 5.32 Å². The molecule has 0 unspecified atom stereocenters. The zero-order valence-electron chi connectivity index (χ0n) is 19.3. The third-order valence-electron chi connectivity index (χ3n) is 5.67. The highest BCUT2D eigenvalue weighted by molar-refractivity contribution is 7.18. The lowest BCUT2D eigenvalue weighted by atomic mass is 10.0. The van der Waals surface area contributed by atoms with Crippen molar-refractivity contribution >= 4 is 51.3 Å². The number of benzene rings is 2. The molecule has 0 spiro atoms. The van der Waals surface area contributed by atoms with Crippen molar-refractivity contribution in [3.05, 3.63) is 64.3 Å². The monoisotopic (exact) mass is 473 g/mol. The number of nitrogens with zero attached hydrogens (tertiary/aromatic N) is 3. The average Bonchev–Trinajstić information content (AvgIpc) is 3.33. The summed E-state index contributed by atoms with van der Waals surface area (Å²) in [6.45, 7) is 3.33. The highest BCUT2D eigenvalue weighted by Crippen LogP contribution is 2.32. The van der Waals surface area contributed by atoms with Crippen LogP contribution in [0.25, 0.3) is 21.9 Å². The number of anilines is 1. The average molecular weight is 474 g/mol. The summed E-state index contributed by atoms with van der Waals surface area (Å²) in [6.07, 6.45) is 3.87. The molecule has 0 radical (unpaired) electrons. The molecule has 8 heteroatoms. The maximum absolute atomic E-state index is 12.9. The highest BCUT2D eigenvalue weighted by Gasteiger charge is 2.30. The van der Waals surface area contributed by atoms with Crippen LogP contribution < -0.4 is 19.5 Å². The summed E-state index contributed by atoms with van der Waals surface area (Å²) in [5, 5.41) is 13.7. The number of hydrogen-bond acceptors (Lipinski definition) is 6. The molecule has 2 aromatic carbocycles. The van der Waals surface area contributed by atoms with Crippen LogP contribution in [0.2, 0.25) is 0 Å². The number of fused-ring (bicyclic) bond motifs is 1. The summed E-state index contributed by atoms with van der Waals surface area (Å²) in [5.41, 5.74) is 3.91. The van der Waals surface area contributed by atoms with Crippen LogP contribution in [0.1, 0.15) is 30.3 Å². The molecule has 4 rings (SSSR count). The van der Waals surface area contributed by atoms with Crippen molar-refractivity contribution < 1.29 is 18.9 Å². The Labute approximate surface area is 202 Å². The number of unbranched alkanes of at least 4 members (excludes halogenated alkanes) is 1. The van der Waals surface area contributed by atoms with E-state index < -0.39 is 0 Å². The van der Waals surface area contributed by atoms with Gasteiger partial charge in [-0.3, -0.25) is 9.59 Å². The molecule has 1 aliphatic heterocycles. The lowest BCUT2D eigenvalue weighted by Crippen LogP contribution is -2.35. The Kier molecular flexibility index (Phi) is 6.75. The fraction of sp³-hybridized carbons (Fsp3) is 0.231. The van der Waals surface area contributed by atoms with Gasteiger partial charge in [-0.15, -0.1) is 0 Å². The van der Waals surface area contributed by atoms with Crippen LogP contribution in [0.4, 0.5) is 5.69 Å². The first-order chi connectivity index (χ1) is 16.5. The van der Waals surface area contributed by atoms with Crippen LogP contribution in [0.5, 0.6) is 5.75 Å². The summed E-state index contributed by atoms with van der Waals surface area (Å²) in [4.78, 5) is 25.6. The molecule has 0 saturated heterocycles. The summed E-state index contributed by atoms with van der Waals surface area (Å²) < 4.78 is 8.13. The van der Waals surface area contributed by atoms with Crippen molar-refractivity contribution in [2.75, 3.05) is 19.0 Å². The van der Waals surface area contributed by atoms with E-state index in [1.807, 2.05) is 61.5 Å². The number of ether oxygens (including phenoxy) is 1. The van der Waals surface area contributed by atoms with Gasteiger partial charge in [0.25, 0.3) is 17.4 Å². The molecule has 7 nitrogen and oxygen atoms in total. The van der Waals surface area contributed by atoms with Gasteiger partial charge in [0, 0.05) is 44.4 Å². The number of carbonyl (C=O) groups excluding carboxylic acids is 2. The van der Waals surface area contributed by atoms with E-state index in [-0.39, 0.29) is 5.91 Å². The van der Waals surface area contributed by atoms with Gasteiger partial charge >= 0.3 is 0 Å². The molecule has 1 N–H and O–H groups in total. The number of carbonyl (C=O) groups is 2. The van der Waals surface area contributed by atoms with Gasteiger partial charge in [0.05, 0.1) is 16.8 Å². The number of nitriles is 1. The Morgan fingerprint density at radius 2 is 1.97 bits per heavy atom. The minimum atomic E-state index is -0.289. The van der Waals surface area contributed by atoms with E-state index in [0.29, 0.717) is 34.6 Å². The maximum Gasteiger partial charge on any atom is 0.298 e. The molecule has 0 fully saturated rings. The molecule has 1 aliphatic rings. The number of rotatable bonds is 8. The van der Waals surface area contributed by atoms with Crippen molar-refractivity contribution in [2.24, 2.45) is 0 Å². The third kappa shape index (κ3) is 4.43. The van der Waals surface area contributed by atoms with E-state index in [1.54, 1.807) is 6.07 Å². The molecule has 1 aromatic heterocycles. The summed E-state index contributed by atoms with van der Waals surface area (Å²) >= 11 is 1.52. The van der Waals surface area contributed by atoms with Gasteiger partial charge in [-0.2, -0.15) is 9.83 Å². The second kappa shape index (κ2) is 9.89. The minimum Gasteiger partial charge on any atom is -0.429 e. The van der Waals surface area contributed by atoms with Crippen molar-refractivity contribution in [3.8, 4) is 11.8 Å². The summed E-state index contributed by atoms with van der Waals surface area (Å²) in [7, 11) is 3.90. The highest BCUT2D eigenvalue weighted by atomic mass is 32.1. The molecule has 172 valence electrons. The largest absolute Gasteiger partial charge is 0.429 e. The number of aromatic nitrogens is 1. The second-order valence-electron chi connectivity index (χ2n) is 8.10. The van der Waals surface area contributed by atoms with Gasteiger partial charge in [0.2, 0.25) is 5.52 Å². The number of thiazole rings is 1. The Hall–Kier alpha value is -3.96. The smallest absolute Gasteiger partial charge is 0.298 e. The quantitative estimate of drug-likeness (QED) is 0.394. The van der Waals surface area contributed by atoms with Crippen LogP contribution >= 0.6 is 11.3 Å². The zero-order chi connectivity index (χ0) is 24.2. The number of allylic oxidation sites excluding steroid dienone is 1. The predicted molar refractivity (Wildman–Crippen MR) is 133 cm³/mol. The zero-order valence-corrected chi connectivity index (χ0v) is 20.1. The number of aryl methyl sites for hydroxylation is 1. The van der Waals surface area contributed by atoms with E-state index in [0.717, 1.165) is 40.3 Å². The Bertz CT molecular complexity index is 1360. The standard InChI is InChI=1S/C26H24N4O3S/c1-4-5-12-30-22-11-10-19(33-16-31)13-23(22)34-24(30)14-21-20(15-27)25(26(32)28-21)17-6-8-18(9-7-17)29(2)3/h6-11,13-14,16H,4-5,12H2,1-3H3/p+1. The number of amides is 1. The molecule has 0 saturated carbocycles. The molecule has 34 heavy (non-hydrogen) atoms. The maximum atomic E-state index is 12.9. The van der Waals surface area contributed by atoms with Gasteiger partial charge < -0.3 is 15.0 Å². The minimum absolute atomic E-state index is 0.289. The Morgan fingerprint density at radius 3 is 2.62 bits per heavy atom. The van der Waals surface area contributed by atoms with Crippen LogP contribution in [0.15, 0.2) is 53.7 Å². The lowest BCUT2D eigenvalue weighted by molar-refractivity contribution is -0.669. The van der Waals surface area contributed by atoms with E-state index in [1.165, 1.54) is 11.3 Å². The van der Waals surface area contributed by atoms with Crippen molar-refractivity contribution in [3.63, 3.8) is 0 Å². The van der Waals surface area contributed by atoms with Gasteiger partial charge in [0.1, 0.15) is 16.5 Å². The second-order valence-corrected chi connectivity index (χ2v) is 9.17. The SMILES string of the molecule is CCCC[n+]1c(/C=C2\NC(=O)C(c3ccc(N(C)C)cc3)=C2C#N)sc2cc(OC=O)ccc21. The van der Waals surface area contributed by atoms with Crippen LogP contribution in [-0.2, 0) is 16.1 Å². The third-order valence-corrected chi connectivity index (χ3v) is 6.76. The van der Waals surface area contributed by atoms with Crippen LogP contribution in [-0.4, -0.2) is 26.5 Å². The van der Waals surface area contributed by atoms with Crippen LogP contribution in [0.3, 0.4) is 0 Å². The van der Waals surface area contributed by atoms with E-state index in [4.69, 9.17) is 4.74 Å². The normalized spacial score (nSPS) is 14.4. The molecule has 0 bridgehead atoms. The molecular formula is C26H25N4O3S+. The van der Waals surface area contributed by atoms with Crippen molar-refractivity contribution in [2.45, 2.75) is 26.3 Å². The molecule has 0 aliphatic carbocycles. The molecule has 1 amide bonds. The first-order valence-corrected chi connectivity index (χ1v) is 11.8. The summed E-state index contributed by atoms with van der Waals surface area (Å²) in [5.74, 6) is 0.184. The van der Waals surface area contributed by atoms with E-state index >= 15 is 0 Å². The molecule has 2 heterocycles. The molecular weight excluding hydrogens is 448 g/mol. The molecule has 3 aromatic rings.